The minimum atomic E-state index is 0.400. The van der Waals surface area contributed by atoms with Gasteiger partial charge in [0, 0.05) is 32.1 Å². The molecule has 0 bridgehead atoms. The highest BCUT2D eigenvalue weighted by Gasteiger charge is 2.19. The summed E-state index contributed by atoms with van der Waals surface area (Å²) >= 11 is 10.8. The van der Waals surface area contributed by atoms with Crippen LogP contribution in [0.25, 0.3) is 0 Å². The van der Waals surface area contributed by atoms with Gasteiger partial charge in [0.05, 0.1) is 18.6 Å². The molecule has 0 aliphatic carbocycles. The fourth-order valence-electron chi connectivity index (χ4n) is 1.33. The van der Waals surface area contributed by atoms with Gasteiger partial charge in [0.1, 0.15) is 0 Å². The van der Waals surface area contributed by atoms with E-state index in [2.05, 4.69) is 10.6 Å². The molecule has 2 saturated heterocycles. The number of alkyl halides is 2. The molecule has 1 aromatic carbocycles. The van der Waals surface area contributed by atoms with E-state index in [4.69, 9.17) is 27.9 Å². The summed E-state index contributed by atoms with van der Waals surface area (Å²) in [6.07, 6.45) is 0.400. The predicted octanol–water partition coefficient (Wildman–Crippen LogP) is 2.23. The molecule has 1 aromatic rings. The van der Waals surface area contributed by atoms with E-state index >= 15 is 0 Å². The van der Waals surface area contributed by atoms with Gasteiger partial charge >= 0.3 is 0 Å². The molecule has 0 aromatic heterocycles. The van der Waals surface area contributed by atoms with Crippen LogP contribution < -0.4 is 10.6 Å². The molecule has 2 aliphatic rings. The van der Waals surface area contributed by atoms with Gasteiger partial charge < -0.3 is 15.4 Å². The summed E-state index contributed by atoms with van der Waals surface area (Å²) in [6, 6.07) is 9.96. The number of hydrogen-bond acceptors (Lipinski definition) is 3. The summed E-state index contributed by atoms with van der Waals surface area (Å²) in [5.41, 5.74) is 1.18. The van der Waals surface area contributed by atoms with Crippen molar-refractivity contribution in [2.24, 2.45) is 0 Å². The Balaban J connectivity index is 0.000000147. The molecular weight excluding hydrogens is 283 g/mol. The molecular formula is C14H22Cl2N2O. The normalized spacial score (nSPS) is 20.4. The second kappa shape index (κ2) is 11.5. The summed E-state index contributed by atoms with van der Waals surface area (Å²) in [4.78, 5) is 0. The smallest absolute Gasteiger partial charge is 0.0944 e. The van der Waals surface area contributed by atoms with Gasteiger partial charge in [-0.2, -0.15) is 0 Å². The maximum Gasteiger partial charge on any atom is 0.0944 e. The third-order valence-corrected chi connectivity index (χ3v) is 3.18. The van der Waals surface area contributed by atoms with Gasteiger partial charge in [-0.1, -0.05) is 30.3 Å². The van der Waals surface area contributed by atoms with Crippen molar-refractivity contribution in [2.75, 3.05) is 38.7 Å². The van der Waals surface area contributed by atoms with Crippen LogP contribution in [0.2, 0.25) is 0 Å². The lowest BCUT2D eigenvalue weighted by atomic mass is 10.2. The summed E-state index contributed by atoms with van der Waals surface area (Å²) in [5, 5.41) is 6.44. The Labute approximate surface area is 125 Å². The number of epoxide rings is 1. The van der Waals surface area contributed by atoms with Gasteiger partial charge in [-0.15, -0.1) is 23.2 Å². The maximum atomic E-state index is 5.53. The average molecular weight is 305 g/mol. The molecule has 0 radical (unpaired) electrons. The van der Waals surface area contributed by atoms with Crippen molar-refractivity contribution in [2.45, 2.75) is 12.0 Å². The van der Waals surface area contributed by atoms with Crippen LogP contribution in [0, 0.1) is 0 Å². The fraction of sp³-hybridized carbons (Fsp3) is 0.571. The summed E-state index contributed by atoms with van der Waals surface area (Å²) in [6.45, 7) is 5.43. The Bertz CT molecular complexity index is 292. The molecule has 0 amide bonds. The van der Waals surface area contributed by atoms with Crippen LogP contribution in [0.15, 0.2) is 30.3 Å². The Morgan fingerprint density at radius 2 is 1.53 bits per heavy atom. The van der Waals surface area contributed by atoms with Crippen molar-refractivity contribution in [3.63, 3.8) is 0 Å². The Hall–Kier alpha value is -0.320. The van der Waals surface area contributed by atoms with E-state index in [9.17, 15) is 0 Å². The van der Waals surface area contributed by atoms with Crippen molar-refractivity contribution < 1.29 is 4.74 Å². The van der Waals surface area contributed by atoms with Crippen LogP contribution in [0.3, 0.4) is 0 Å². The first-order valence-electron chi connectivity index (χ1n) is 6.55. The molecule has 1 atom stereocenters. The van der Waals surface area contributed by atoms with Crippen LogP contribution >= 0.6 is 23.2 Å². The second-order valence-corrected chi connectivity index (χ2v) is 4.80. The molecule has 2 N–H and O–H groups in total. The highest BCUT2D eigenvalue weighted by Crippen LogP contribution is 2.08. The highest BCUT2D eigenvalue weighted by molar-refractivity contribution is 6.18. The molecule has 2 aliphatic heterocycles. The van der Waals surface area contributed by atoms with Gasteiger partial charge in [-0.05, 0) is 5.56 Å². The van der Waals surface area contributed by atoms with E-state index in [1.807, 2.05) is 30.3 Å². The summed E-state index contributed by atoms with van der Waals surface area (Å²) in [5.74, 6) is 1.28. The number of benzene rings is 1. The quantitative estimate of drug-likeness (QED) is 0.650. The summed E-state index contributed by atoms with van der Waals surface area (Å²) in [7, 11) is 0. The van der Waals surface area contributed by atoms with Crippen LogP contribution in [-0.2, 0) is 10.6 Å². The molecule has 0 spiro atoms. The van der Waals surface area contributed by atoms with E-state index in [1.165, 1.54) is 5.56 Å². The van der Waals surface area contributed by atoms with E-state index in [0.717, 1.165) is 32.8 Å². The number of piperazine rings is 1. The second-order valence-electron chi connectivity index (χ2n) is 4.23. The Kier molecular flexibility index (Phi) is 10.1. The lowest BCUT2D eigenvalue weighted by molar-refractivity contribution is 0.425. The number of hydrogen-bond donors (Lipinski definition) is 2. The number of ether oxygens (including phenoxy) is 1. The minimum absolute atomic E-state index is 0.400. The SMILES string of the molecule is C1CNCCN1.ClCC1CO1.ClCc1ccccc1. The molecule has 108 valence electrons. The van der Waals surface area contributed by atoms with Crippen LogP contribution in [0.4, 0.5) is 0 Å². The van der Waals surface area contributed by atoms with Crippen LogP contribution in [-0.4, -0.2) is 44.8 Å². The molecule has 5 heteroatoms. The molecule has 1 unspecified atom stereocenters. The predicted molar refractivity (Wildman–Crippen MR) is 82.2 cm³/mol. The topological polar surface area (TPSA) is 36.6 Å². The van der Waals surface area contributed by atoms with Crippen LogP contribution in [0.1, 0.15) is 5.56 Å². The zero-order valence-electron chi connectivity index (χ0n) is 11.1. The number of halogens is 2. The lowest BCUT2D eigenvalue weighted by Gasteiger charge is -2.11. The first kappa shape index (κ1) is 16.7. The van der Waals surface area contributed by atoms with Gasteiger partial charge in [-0.25, -0.2) is 0 Å². The third-order valence-electron chi connectivity index (χ3n) is 2.53. The molecule has 3 rings (SSSR count). The fourth-order valence-corrected chi connectivity index (χ4v) is 1.68. The standard InChI is InChI=1S/C7H7Cl.C4H10N2.C3H5ClO/c8-6-7-4-2-1-3-5-7;1-2-6-4-3-5-1;4-1-3-2-5-3/h1-5H,6H2;5-6H,1-4H2;3H,1-2H2. The van der Waals surface area contributed by atoms with Gasteiger partial charge in [0.25, 0.3) is 0 Å². The van der Waals surface area contributed by atoms with Crippen molar-refractivity contribution >= 4 is 23.2 Å². The monoisotopic (exact) mass is 304 g/mol. The molecule has 3 nitrogen and oxygen atoms in total. The van der Waals surface area contributed by atoms with E-state index < -0.39 is 0 Å². The third kappa shape index (κ3) is 10.2. The van der Waals surface area contributed by atoms with Crippen molar-refractivity contribution in [3.05, 3.63) is 35.9 Å². The van der Waals surface area contributed by atoms with Gasteiger partial charge in [0.15, 0.2) is 0 Å². The van der Waals surface area contributed by atoms with Crippen molar-refractivity contribution in [1.82, 2.24) is 10.6 Å². The highest BCUT2D eigenvalue weighted by atomic mass is 35.5. The van der Waals surface area contributed by atoms with Crippen LogP contribution in [0.5, 0.6) is 0 Å². The largest absolute Gasteiger partial charge is 0.372 e. The first-order chi connectivity index (χ1) is 9.36. The summed E-state index contributed by atoms with van der Waals surface area (Å²) < 4.78 is 4.73. The molecule has 0 saturated carbocycles. The van der Waals surface area contributed by atoms with Gasteiger partial charge in [-0.3, -0.25) is 0 Å². The Morgan fingerprint density at radius 1 is 1.00 bits per heavy atom. The zero-order valence-corrected chi connectivity index (χ0v) is 12.6. The first-order valence-corrected chi connectivity index (χ1v) is 7.62. The van der Waals surface area contributed by atoms with E-state index in [-0.39, 0.29) is 0 Å². The maximum absolute atomic E-state index is 5.53. The molecule has 2 heterocycles. The van der Waals surface area contributed by atoms with Crippen molar-refractivity contribution in [1.29, 1.82) is 0 Å². The van der Waals surface area contributed by atoms with E-state index in [0.29, 0.717) is 17.9 Å². The number of nitrogens with one attached hydrogen (secondary N) is 2. The molecule has 19 heavy (non-hydrogen) atoms. The van der Waals surface area contributed by atoms with E-state index in [1.54, 1.807) is 0 Å². The Morgan fingerprint density at radius 3 is 1.74 bits per heavy atom. The molecule has 2 fully saturated rings. The van der Waals surface area contributed by atoms with Crippen molar-refractivity contribution in [3.8, 4) is 0 Å². The average Bonchev–Trinajstić information content (AvgIpc) is 3.35. The minimum Gasteiger partial charge on any atom is -0.372 e. The zero-order chi connectivity index (χ0) is 13.8. The number of rotatable bonds is 2. The van der Waals surface area contributed by atoms with Gasteiger partial charge in [0.2, 0.25) is 0 Å². The lowest BCUT2D eigenvalue weighted by Crippen LogP contribution is -2.39.